The Kier molecular flexibility index (Phi) is 5.25. The number of pyridine rings is 1. The molecule has 0 bridgehead atoms. The van der Waals surface area contributed by atoms with Gasteiger partial charge in [0.2, 0.25) is 5.91 Å². The highest BCUT2D eigenvalue weighted by molar-refractivity contribution is 5.95. The van der Waals surface area contributed by atoms with Crippen molar-refractivity contribution in [2.75, 3.05) is 5.32 Å². The number of carbonyl (C=O) groups is 2. The van der Waals surface area contributed by atoms with E-state index in [0.29, 0.717) is 11.4 Å². The molecule has 0 aliphatic carbocycles. The SMILES string of the molecule is Cc1cccc(NC(=O)C[C@H](C)NC(=O)c2ccccc2)n1. The number of aromatic nitrogens is 1. The van der Waals surface area contributed by atoms with E-state index in [-0.39, 0.29) is 24.3 Å². The van der Waals surface area contributed by atoms with Crippen LogP contribution in [0.2, 0.25) is 0 Å². The fraction of sp³-hybridized carbons (Fsp3) is 0.235. The average molecular weight is 297 g/mol. The lowest BCUT2D eigenvalue weighted by molar-refractivity contribution is -0.116. The molecule has 1 heterocycles. The molecule has 5 nitrogen and oxygen atoms in total. The molecule has 2 N–H and O–H groups in total. The quantitative estimate of drug-likeness (QED) is 0.891. The molecule has 0 fully saturated rings. The van der Waals surface area contributed by atoms with E-state index in [0.717, 1.165) is 5.69 Å². The number of amides is 2. The molecule has 1 aromatic carbocycles. The Balaban J connectivity index is 1.85. The number of anilines is 1. The Bertz CT molecular complexity index is 656. The first-order valence-electron chi connectivity index (χ1n) is 7.14. The second kappa shape index (κ2) is 7.36. The van der Waals surface area contributed by atoms with E-state index in [1.807, 2.05) is 25.1 Å². The molecule has 0 radical (unpaired) electrons. The molecule has 1 atom stereocenters. The van der Waals surface area contributed by atoms with Gasteiger partial charge in [-0.3, -0.25) is 9.59 Å². The van der Waals surface area contributed by atoms with Gasteiger partial charge in [0.25, 0.3) is 5.91 Å². The first kappa shape index (κ1) is 15.7. The highest BCUT2D eigenvalue weighted by atomic mass is 16.2. The zero-order valence-electron chi connectivity index (χ0n) is 12.7. The van der Waals surface area contributed by atoms with Gasteiger partial charge in [0.1, 0.15) is 5.82 Å². The number of nitrogens with one attached hydrogen (secondary N) is 2. The summed E-state index contributed by atoms with van der Waals surface area (Å²) in [6.45, 7) is 3.66. The predicted octanol–water partition coefficient (Wildman–Crippen LogP) is 2.54. The van der Waals surface area contributed by atoms with Gasteiger partial charge in [0.15, 0.2) is 0 Å². The van der Waals surface area contributed by atoms with Crippen LogP contribution in [0.5, 0.6) is 0 Å². The molecule has 0 spiro atoms. The van der Waals surface area contributed by atoms with Crippen LogP contribution in [0.1, 0.15) is 29.4 Å². The summed E-state index contributed by atoms with van der Waals surface area (Å²) >= 11 is 0. The summed E-state index contributed by atoms with van der Waals surface area (Å²) in [5.74, 6) is 0.153. The number of benzene rings is 1. The summed E-state index contributed by atoms with van der Waals surface area (Å²) in [5.41, 5.74) is 1.42. The van der Waals surface area contributed by atoms with Crippen LogP contribution in [-0.2, 0) is 4.79 Å². The Hall–Kier alpha value is -2.69. The molecule has 114 valence electrons. The number of hydrogen-bond acceptors (Lipinski definition) is 3. The predicted molar refractivity (Wildman–Crippen MR) is 85.6 cm³/mol. The summed E-state index contributed by atoms with van der Waals surface area (Å²) < 4.78 is 0. The summed E-state index contributed by atoms with van der Waals surface area (Å²) in [6.07, 6.45) is 0.189. The Labute approximate surface area is 129 Å². The van der Waals surface area contributed by atoms with Gasteiger partial charge in [-0.2, -0.15) is 0 Å². The minimum atomic E-state index is -0.266. The molecular formula is C17H19N3O2. The third-order valence-corrected chi connectivity index (χ3v) is 3.06. The van der Waals surface area contributed by atoms with Crippen molar-refractivity contribution in [1.29, 1.82) is 0 Å². The van der Waals surface area contributed by atoms with Crippen LogP contribution in [0.15, 0.2) is 48.5 Å². The van der Waals surface area contributed by atoms with Crippen LogP contribution >= 0.6 is 0 Å². The molecule has 0 saturated heterocycles. The summed E-state index contributed by atoms with van der Waals surface area (Å²) in [6, 6.07) is 14.1. The molecule has 0 saturated carbocycles. The molecule has 5 heteroatoms. The lowest BCUT2D eigenvalue weighted by Crippen LogP contribution is -2.35. The average Bonchev–Trinajstić information content (AvgIpc) is 2.47. The number of carbonyl (C=O) groups excluding carboxylic acids is 2. The van der Waals surface area contributed by atoms with Gasteiger partial charge in [0.05, 0.1) is 0 Å². The van der Waals surface area contributed by atoms with Crippen molar-refractivity contribution < 1.29 is 9.59 Å². The third kappa shape index (κ3) is 4.70. The molecule has 0 unspecified atom stereocenters. The second-order valence-electron chi connectivity index (χ2n) is 5.16. The number of aryl methyl sites for hydroxylation is 1. The largest absolute Gasteiger partial charge is 0.349 e. The van der Waals surface area contributed by atoms with E-state index in [2.05, 4.69) is 15.6 Å². The standard InChI is InChI=1S/C17H19N3O2/c1-12-7-6-10-15(18-12)20-16(21)11-13(2)19-17(22)14-8-4-3-5-9-14/h3-10,13H,11H2,1-2H3,(H,19,22)(H,18,20,21)/t13-/m0/s1. The highest BCUT2D eigenvalue weighted by Crippen LogP contribution is 2.06. The van der Waals surface area contributed by atoms with Crippen molar-refractivity contribution in [3.05, 3.63) is 59.8 Å². The van der Waals surface area contributed by atoms with Gasteiger partial charge < -0.3 is 10.6 Å². The lowest BCUT2D eigenvalue weighted by Gasteiger charge is -2.13. The Morgan fingerprint density at radius 2 is 1.82 bits per heavy atom. The van der Waals surface area contributed by atoms with E-state index in [1.165, 1.54) is 0 Å². The van der Waals surface area contributed by atoms with Crippen LogP contribution in [0.25, 0.3) is 0 Å². The maximum atomic E-state index is 12.0. The fourth-order valence-corrected chi connectivity index (χ4v) is 2.03. The van der Waals surface area contributed by atoms with Crippen molar-refractivity contribution in [2.45, 2.75) is 26.3 Å². The molecule has 0 aliphatic rings. The van der Waals surface area contributed by atoms with Gasteiger partial charge in [0, 0.05) is 23.7 Å². The van der Waals surface area contributed by atoms with E-state index < -0.39 is 0 Å². The zero-order chi connectivity index (χ0) is 15.9. The molecule has 1 aromatic heterocycles. The summed E-state index contributed by atoms with van der Waals surface area (Å²) in [4.78, 5) is 28.1. The van der Waals surface area contributed by atoms with Crippen LogP contribution < -0.4 is 10.6 Å². The van der Waals surface area contributed by atoms with Crippen molar-refractivity contribution in [3.63, 3.8) is 0 Å². The van der Waals surface area contributed by atoms with Crippen molar-refractivity contribution >= 4 is 17.6 Å². The van der Waals surface area contributed by atoms with E-state index in [9.17, 15) is 9.59 Å². The van der Waals surface area contributed by atoms with Gasteiger partial charge >= 0.3 is 0 Å². The van der Waals surface area contributed by atoms with Gasteiger partial charge in [-0.15, -0.1) is 0 Å². The topological polar surface area (TPSA) is 71.1 Å². The van der Waals surface area contributed by atoms with Crippen LogP contribution in [0.4, 0.5) is 5.82 Å². The monoisotopic (exact) mass is 297 g/mol. The van der Waals surface area contributed by atoms with Crippen LogP contribution in [-0.4, -0.2) is 22.8 Å². The highest BCUT2D eigenvalue weighted by Gasteiger charge is 2.13. The molecule has 2 amide bonds. The van der Waals surface area contributed by atoms with Crippen molar-refractivity contribution in [3.8, 4) is 0 Å². The molecule has 22 heavy (non-hydrogen) atoms. The minimum absolute atomic E-state index is 0.182. The van der Waals surface area contributed by atoms with Gasteiger partial charge in [-0.05, 0) is 38.1 Å². The van der Waals surface area contributed by atoms with Crippen LogP contribution in [0, 0.1) is 6.92 Å². The second-order valence-corrected chi connectivity index (χ2v) is 5.16. The maximum absolute atomic E-state index is 12.0. The van der Waals surface area contributed by atoms with Gasteiger partial charge in [-0.1, -0.05) is 24.3 Å². The normalized spacial score (nSPS) is 11.5. The van der Waals surface area contributed by atoms with E-state index in [4.69, 9.17) is 0 Å². The maximum Gasteiger partial charge on any atom is 0.251 e. The fourth-order valence-electron chi connectivity index (χ4n) is 2.03. The number of rotatable bonds is 5. The van der Waals surface area contributed by atoms with Gasteiger partial charge in [-0.25, -0.2) is 4.98 Å². The van der Waals surface area contributed by atoms with E-state index in [1.54, 1.807) is 37.3 Å². The number of nitrogens with zero attached hydrogens (tertiary/aromatic N) is 1. The Morgan fingerprint density at radius 3 is 2.50 bits per heavy atom. The van der Waals surface area contributed by atoms with E-state index >= 15 is 0 Å². The summed E-state index contributed by atoms with van der Waals surface area (Å²) in [7, 11) is 0. The first-order valence-corrected chi connectivity index (χ1v) is 7.14. The third-order valence-electron chi connectivity index (χ3n) is 3.06. The molecule has 2 aromatic rings. The zero-order valence-corrected chi connectivity index (χ0v) is 12.7. The number of hydrogen-bond donors (Lipinski definition) is 2. The molecule has 0 aliphatic heterocycles. The van der Waals surface area contributed by atoms with Crippen molar-refractivity contribution in [1.82, 2.24) is 10.3 Å². The first-order chi connectivity index (χ1) is 10.5. The van der Waals surface area contributed by atoms with Crippen LogP contribution in [0.3, 0.4) is 0 Å². The summed E-state index contributed by atoms with van der Waals surface area (Å²) in [5, 5.41) is 5.53. The smallest absolute Gasteiger partial charge is 0.251 e. The molecule has 2 rings (SSSR count). The Morgan fingerprint density at radius 1 is 1.09 bits per heavy atom. The molecular weight excluding hydrogens is 278 g/mol. The van der Waals surface area contributed by atoms with Crippen molar-refractivity contribution in [2.24, 2.45) is 0 Å². The lowest BCUT2D eigenvalue weighted by atomic mass is 10.1. The minimum Gasteiger partial charge on any atom is -0.349 e.